The number of hydrogen-bond donors (Lipinski definition) is 0. The summed E-state index contributed by atoms with van der Waals surface area (Å²) in [4.78, 5) is 37.9. The van der Waals surface area contributed by atoms with Crippen molar-refractivity contribution in [3.8, 4) is 0 Å². The number of carbonyl (C=O) groups is 3. The third-order valence-corrected chi connectivity index (χ3v) is 10.6. The lowest BCUT2D eigenvalue weighted by atomic mass is 10.1. The fraction of sp³-hybridized carbons (Fsp3) is 0.696. The zero-order chi connectivity index (χ0) is 45.1. The number of rotatable bonds is 45. The molecule has 6 nitrogen and oxygen atoms in total. The highest BCUT2D eigenvalue weighted by molar-refractivity contribution is 5.71. The van der Waals surface area contributed by atoms with Gasteiger partial charge in [-0.15, -0.1) is 0 Å². The highest BCUT2D eigenvalue weighted by atomic mass is 16.6. The van der Waals surface area contributed by atoms with Crippen molar-refractivity contribution in [2.24, 2.45) is 0 Å². The lowest BCUT2D eigenvalue weighted by Gasteiger charge is -2.18. The van der Waals surface area contributed by atoms with Crippen molar-refractivity contribution in [2.75, 3.05) is 13.2 Å². The normalized spacial score (nSPS) is 12.8. The van der Waals surface area contributed by atoms with Crippen molar-refractivity contribution < 1.29 is 28.6 Å². The standard InChI is InChI=1S/C56H94O6/c1-4-7-10-13-16-19-22-24-26-28-30-31-34-37-40-43-46-49-55(58)61-52-53(51-60-54(57)48-45-42-39-36-33-21-18-15-12-9-6-3)62-56(59)50-47-44-41-38-35-32-29-27-25-23-20-17-14-11-8-5-2/h8,11,15-20,24-27,32,35,53H,4-7,9-10,12-14,21-23,28-31,33-34,36-52H2,1-3H3/b11-8-,18-15-,19-16-,20-17-,26-24-,27-25-,35-32-. The van der Waals surface area contributed by atoms with Gasteiger partial charge in [0.25, 0.3) is 0 Å². The predicted octanol–water partition coefficient (Wildman–Crippen LogP) is 16.8. The topological polar surface area (TPSA) is 78.9 Å². The molecule has 0 spiro atoms. The molecule has 1 unspecified atom stereocenters. The molecule has 0 aromatic rings. The van der Waals surface area contributed by atoms with Gasteiger partial charge >= 0.3 is 17.9 Å². The van der Waals surface area contributed by atoms with Crippen LogP contribution < -0.4 is 0 Å². The van der Waals surface area contributed by atoms with Crippen LogP contribution in [0, 0.1) is 0 Å². The highest BCUT2D eigenvalue weighted by Crippen LogP contribution is 2.13. The number of hydrogen-bond acceptors (Lipinski definition) is 6. The molecule has 0 radical (unpaired) electrons. The minimum absolute atomic E-state index is 0.0970. The van der Waals surface area contributed by atoms with Crippen LogP contribution in [0.15, 0.2) is 85.1 Å². The molecule has 0 N–H and O–H groups in total. The Kier molecular flexibility index (Phi) is 47.5. The van der Waals surface area contributed by atoms with Crippen LogP contribution in [0.1, 0.15) is 233 Å². The number of ether oxygens (including phenoxy) is 3. The fourth-order valence-electron chi connectivity index (χ4n) is 6.74. The van der Waals surface area contributed by atoms with E-state index in [0.29, 0.717) is 12.8 Å². The van der Waals surface area contributed by atoms with Gasteiger partial charge in [-0.05, 0) is 109 Å². The SMILES string of the molecule is CC/C=C\C/C=C\C/C=C\C/C=C\CCCCCC(=O)OC(COC(=O)CCCCCCC/C=C\CCCC)COC(=O)CCCCCCCCC/C=C\C/C=C\CCCCC. The summed E-state index contributed by atoms with van der Waals surface area (Å²) < 4.78 is 16.7. The van der Waals surface area contributed by atoms with E-state index in [2.05, 4.69) is 106 Å². The Morgan fingerprint density at radius 1 is 0.339 bits per heavy atom. The average molecular weight is 863 g/mol. The van der Waals surface area contributed by atoms with E-state index in [4.69, 9.17) is 14.2 Å². The number of unbranched alkanes of at least 4 members (excludes halogenated alkanes) is 20. The number of allylic oxidation sites excluding steroid dienone is 14. The summed E-state index contributed by atoms with van der Waals surface area (Å²) in [5.41, 5.74) is 0. The van der Waals surface area contributed by atoms with Crippen LogP contribution >= 0.6 is 0 Å². The van der Waals surface area contributed by atoms with Gasteiger partial charge in [0.2, 0.25) is 0 Å². The van der Waals surface area contributed by atoms with Gasteiger partial charge in [0.1, 0.15) is 13.2 Å². The summed E-state index contributed by atoms with van der Waals surface area (Å²) in [6, 6.07) is 0. The molecule has 0 aromatic heterocycles. The average Bonchev–Trinajstić information content (AvgIpc) is 3.27. The zero-order valence-electron chi connectivity index (χ0n) is 40.4. The molecule has 0 rings (SSSR count). The van der Waals surface area contributed by atoms with Gasteiger partial charge in [-0.3, -0.25) is 14.4 Å². The first kappa shape index (κ1) is 58.6. The first-order valence-corrected chi connectivity index (χ1v) is 25.6. The van der Waals surface area contributed by atoms with E-state index in [9.17, 15) is 14.4 Å². The molecular weight excluding hydrogens is 769 g/mol. The quantitative estimate of drug-likeness (QED) is 0.0263. The molecule has 0 aliphatic rings. The van der Waals surface area contributed by atoms with Crippen molar-refractivity contribution in [3.63, 3.8) is 0 Å². The van der Waals surface area contributed by atoms with Gasteiger partial charge in [-0.2, -0.15) is 0 Å². The van der Waals surface area contributed by atoms with E-state index in [-0.39, 0.29) is 37.5 Å². The maximum absolute atomic E-state index is 12.8. The highest BCUT2D eigenvalue weighted by Gasteiger charge is 2.19. The van der Waals surface area contributed by atoms with Crippen LogP contribution in [0.2, 0.25) is 0 Å². The molecule has 354 valence electrons. The molecule has 0 bridgehead atoms. The lowest BCUT2D eigenvalue weighted by molar-refractivity contribution is -0.167. The van der Waals surface area contributed by atoms with Crippen LogP contribution in [0.3, 0.4) is 0 Å². The van der Waals surface area contributed by atoms with Crippen LogP contribution in [0.4, 0.5) is 0 Å². The van der Waals surface area contributed by atoms with Crippen molar-refractivity contribution >= 4 is 17.9 Å². The Balaban J connectivity index is 4.45. The Hall–Kier alpha value is -3.41. The molecule has 62 heavy (non-hydrogen) atoms. The first-order chi connectivity index (χ1) is 30.5. The number of esters is 3. The van der Waals surface area contributed by atoms with Gasteiger partial charge in [0, 0.05) is 19.3 Å². The zero-order valence-corrected chi connectivity index (χ0v) is 40.4. The Labute approximate surface area is 382 Å². The van der Waals surface area contributed by atoms with Gasteiger partial charge in [-0.1, -0.05) is 189 Å². The van der Waals surface area contributed by atoms with Crippen LogP contribution in [0.25, 0.3) is 0 Å². The molecule has 0 amide bonds. The van der Waals surface area contributed by atoms with Crippen molar-refractivity contribution in [3.05, 3.63) is 85.1 Å². The molecular formula is C56H94O6. The summed E-state index contributed by atoms with van der Waals surface area (Å²) in [5.74, 6) is -0.948. The van der Waals surface area contributed by atoms with E-state index >= 15 is 0 Å². The number of carbonyl (C=O) groups excluding carboxylic acids is 3. The molecule has 1 atom stereocenters. The molecule has 0 saturated carbocycles. The van der Waals surface area contributed by atoms with E-state index in [1.165, 1.54) is 77.0 Å². The monoisotopic (exact) mass is 863 g/mol. The molecule has 0 aliphatic carbocycles. The van der Waals surface area contributed by atoms with Gasteiger partial charge in [0.15, 0.2) is 6.10 Å². The predicted molar refractivity (Wildman–Crippen MR) is 265 cm³/mol. The minimum Gasteiger partial charge on any atom is -0.462 e. The van der Waals surface area contributed by atoms with Crippen molar-refractivity contribution in [1.82, 2.24) is 0 Å². The molecule has 0 aromatic carbocycles. The maximum Gasteiger partial charge on any atom is 0.306 e. The Morgan fingerprint density at radius 2 is 0.645 bits per heavy atom. The summed E-state index contributed by atoms with van der Waals surface area (Å²) in [5, 5.41) is 0. The second-order valence-corrected chi connectivity index (χ2v) is 16.7. The molecule has 0 fully saturated rings. The summed E-state index contributed by atoms with van der Waals surface area (Å²) in [6.07, 6.45) is 64.2. The second kappa shape index (κ2) is 50.2. The molecule has 6 heteroatoms. The van der Waals surface area contributed by atoms with Crippen LogP contribution in [-0.2, 0) is 28.6 Å². The summed E-state index contributed by atoms with van der Waals surface area (Å²) in [6.45, 7) is 6.41. The third-order valence-electron chi connectivity index (χ3n) is 10.6. The third kappa shape index (κ3) is 47.6. The van der Waals surface area contributed by atoms with E-state index < -0.39 is 6.10 Å². The van der Waals surface area contributed by atoms with E-state index in [0.717, 1.165) is 116 Å². The molecule has 0 aliphatic heterocycles. The van der Waals surface area contributed by atoms with E-state index in [1.807, 2.05) is 0 Å². The lowest BCUT2D eigenvalue weighted by Crippen LogP contribution is -2.30. The van der Waals surface area contributed by atoms with Gasteiger partial charge in [0.05, 0.1) is 0 Å². The minimum atomic E-state index is -0.799. The van der Waals surface area contributed by atoms with Crippen molar-refractivity contribution in [2.45, 2.75) is 239 Å². The second-order valence-electron chi connectivity index (χ2n) is 16.7. The molecule has 0 saturated heterocycles. The van der Waals surface area contributed by atoms with Crippen molar-refractivity contribution in [1.29, 1.82) is 0 Å². The Bertz CT molecular complexity index is 1220. The van der Waals surface area contributed by atoms with Crippen LogP contribution in [-0.4, -0.2) is 37.2 Å². The fourth-order valence-corrected chi connectivity index (χ4v) is 6.74. The van der Waals surface area contributed by atoms with Gasteiger partial charge < -0.3 is 14.2 Å². The maximum atomic E-state index is 12.8. The Morgan fingerprint density at radius 3 is 1.06 bits per heavy atom. The first-order valence-electron chi connectivity index (χ1n) is 25.6. The summed E-state index contributed by atoms with van der Waals surface area (Å²) >= 11 is 0. The smallest absolute Gasteiger partial charge is 0.306 e. The largest absolute Gasteiger partial charge is 0.462 e. The van der Waals surface area contributed by atoms with Gasteiger partial charge in [-0.25, -0.2) is 0 Å². The molecule has 0 heterocycles. The summed E-state index contributed by atoms with van der Waals surface area (Å²) in [7, 11) is 0. The van der Waals surface area contributed by atoms with E-state index in [1.54, 1.807) is 0 Å². The van der Waals surface area contributed by atoms with Crippen LogP contribution in [0.5, 0.6) is 0 Å².